The van der Waals surface area contributed by atoms with Gasteiger partial charge in [-0.1, -0.05) is 12.1 Å². The topological polar surface area (TPSA) is 67.7 Å². The molecule has 15 heavy (non-hydrogen) atoms. The molecule has 0 bridgehead atoms. The molecule has 4 heteroatoms. The molecule has 78 valence electrons. The van der Waals surface area contributed by atoms with Crippen molar-refractivity contribution in [2.75, 3.05) is 0 Å². The Labute approximate surface area is 88.2 Å². The van der Waals surface area contributed by atoms with Gasteiger partial charge in [-0.2, -0.15) is 0 Å². The molecule has 2 rings (SSSR count). The molecule has 4 nitrogen and oxygen atoms in total. The Morgan fingerprint density at radius 2 is 2.27 bits per heavy atom. The molecule has 0 saturated carbocycles. The largest absolute Gasteiger partial charge is 0.388 e. The molecule has 1 atom stereocenters. The Morgan fingerprint density at radius 1 is 1.53 bits per heavy atom. The van der Waals surface area contributed by atoms with Crippen LogP contribution < -0.4 is 5.73 Å². The van der Waals surface area contributed by atoms with E-state index in [1.807, 2.05) is 31.2 Å². The SMILES string of the molecule is CC(CC(=N)N)n1cnc2ccccc21. The minimum Gasteiger partial charge on any atom is -0.388 e. The summed E-state index contributed by atoms with van der Waals surface area (Å²) in [5.74, 6) is 0.209. The number of rotatable bonds is 3. The first-order valence-electron chi connectivity index (χ1n) is 4.93. The van der Waals surface area contributed by atoms with Gasteiger partial charge in [0.1, 0.15) is 0 Å². The zero-order valence-corrected chi connectivity index (χ0v) is 8.64. The Bertz CT molecular complexity index is 486. The van der Waals surface area contributed by atoms with E-state index in [-0.39, 0.29) is 11.9 Å². The van der Waals surface area contributed by atoms with Crippen LogP contribution in [-0.2, 0) is 0 Å². The van der Waals surface area contributed by atoms with Crippen molar-refractivity contribution in [3.63, 3.8) is 0 Å². The Balaban J connectivity index is 2.39. The number of hydrogen-bond donors (Lipinski definition) is 2. The van der Waals surface area contributed by atoms with E-state index in [1.165, 1.54) is 0 Å². The summed E-state index contributed by atoms with van der Waals surface area (Å²) < 4.78 is 2.05. The van der Waals surface area contributed by atoms with Crippen molar-refractivity contribution in [1.82, 2.24) is 9.55 Å². The van der Waals surface area contributed by atoms with Gasteiger partial charge in [0.15, 0.2) is 0 Å². The fraction of sp³-hybridized carbons (Fsp3) is 0.273. The van der Waals surface area contributed by atoms with Crippen molar-refractivity contribution in [3.05, 3.63) is 30.6 Å². The average Bonchev–Trinajstić information content (AvgIpc) is 2.59. The maximum absolute atomic E-state index is 7.28. The number of nitrogens with two attached hydrogens (primary N) is 1. The quantitative estimate of drug-likeness (QED) is 0.589. The lowest BCUT2D eigenvalue weighted by atomic mass is 10.2. The minimum atomic E-state index is 0.176. The van der Waals surface area contributed by atoms with Gasteiger partial charge in [0.05, 0.1) is 23.2 Å². The van der Waals surface area contributed by atoms with E-state index in [2.05, 4.69) is 9.55 Å². The van der Waals surface area contributed by atoms with Gasteiger partial charge in [-0.05, 0) is 19.1 Å². The molecular weight excluding hydrogens is 188 g/mol. The van der Waals surface area contributed by atoms with Crippen molar-refractivity contribution in [1.29, 1.82) is 5.41 Å². The molecule has 1 aromatic heterocycles. The second-order valence-electron chi connectivity index (χ2n) is 3.72. The minimum absolute atomic E-state index is 0.176. The van der Waals surface area contributed by atoms with Crippen molar-refractivity contribution in [2.45, 2.75) is 19.4 Å². The Morgan fingerprint density at radius 3 is 3.00 bits per heavy atom. The number of imidazole rings is 1. The molecule has 0 spiro atoms. The summed E-state index contributed by atoms with van der Waals surface area (Å²) >= 11 is 0. The van der Waals surface area contributed by atoms with Crippen LogP contribution in [0.25, 0.3) is 11.0 Å². The third-order valence-corrected chi connectivity index (χ3v) is 2.47. The third kappa shape index (κ3) is 1.83. The van der Waals surface area contributed by atoms with Gasteiger partial charge in [0.25, 0.3) is 0 Å². The molecule has 1 aromatic carbocycles. The Hall–Kier alpha value is -1.84. The number of nitrogens with zero attached hydrogens (tertiary/aromatic N) is 2. The van der Waals surface area contributed by atoms with Gasteiger partial charge in [0.2, 0.25) is 0 Å². The van der Waals surface area contributed by atoms with Crippen molar-refractivity contribution in [3.8, 4) is 0 Å². The van der Waals surface area contributed by atoms with E-state index in [1.54, 1.807) is 6.33 Å². The van der Waals surface area contributed by atoms with Crippen LogP contribution in [0.5, 0.6) is 0 Å². The molecule has 0 saturated heterocycles. The number of hydrogen-bond acceptors (Lipinski definition) is 2. The van der Waals surface area contributed by atoms with Crippen LogP contribution in [0, 0.1) is 5.41 Å². The second-order valence-corrected chi connectivity index (χ2v) is 3.72. The van der Waals surface area contributed by atoms with Crippen LogP contribution in [0.1, 0.15) is 19.4 Å². The predicted molar refractivity (Wildman–Crippen MR) is 61.0 cm³/mol. The van der Waals surface area contributed by atoms with Crippen LogP contribution in [-0.4, -0.2) is 15.4 Å². The number of benzene rings is 1. The first-order valence-corrected chi connectivity index (χ1v) is 4.93. The highest BCUT2D eigenvalue weighted by atomic mass is 15.1. The fourth-order valence-electron chi connectivity index (χ4n) is 1.75. The first-order chi connectivity index (χ1) is 7.18. The lowest BCUT2D eigenvalue weighted by molar-refractivity contribution is 0.580. The first kappa shape index (κ1) is 9.71. The number of nitrogens with one attached hydrogen (secondary N) is 1. The molecule has 3 N–H and O–H groups in total. The van der Waals surface area contributed by atoms with Gasteiger partial charge >= 0.3 is 0 Å². The summed E-state index contributed by atoms with van der Waals surface area (Å²) in [6.45, 7) is 2.04. The number of fused-ring (bicyclic) bond motifs is 1. The summed E-state index contributed by atoms with van der Waals surface area (Å²) in [6.07, 6.45) is 2.36. The van der Waals surface area contributed by atoms with Crippen LogP contribution >= 0.6 is 0 Å². The smallest absolute Gasteiger partial charge is 0.0960 e. The van der Waals surface area contributed by atoms with Crippen LogP contribution in [0.2, 0.25) is 0 Å². The highest BCUT2D eigenvalue weighted by Crippen LogP contribution is 2.18. The molecule has 1 unspecified atom stereocenters. The van der Waals surface area contributed by atoms with Gasteiger partial charge in [-0.15, -0.1) is 0 Å². The van der Waals surface area contributed by atoms with E-state index >= 15 is 0 Å². The number of aromatic nitrogens is 2. The molecule has 0 aliphatic carbocycles. The molecule has 0 amide bonds. The lowest BCUT2D eigenvalue weighted by Crippen LogP contribution is -2.16. The lowest BCUT2D eigenvalue weighted by Gasteiger charge is -2.12. The maximum Gasteiger partial charge on any atom is 0.0960 e. The van der Waals surface area contributed by atoms with Crippen molar-refractivity contribution >= 4 is 16.9 Å². The maximum atomic E-state index is 7.28. The zero-order chi connectivity index (χ0) is 10.8. The van der Waals surface area contributed by atoms with Gasteiger partial charge in [-0.25, -0.2) is 4.98 Å². The van der Waals surface area contributed by atoms with E-state index in [4.69, 9.17) is 11.1 Å². The average molecular weight is 202 g/mol. The molecule has 1 heterocycles. The molecule has 2 aromatic rings. The van der Waals surface area contributed by atoms with Gasteiger partial charge < -0.3 is 10.3 Å². The van der Waals surface area contributed by atoms with Crippen LogP contribution in [0.15, 0.2) is 30.6 Å². The van der Waals surface area contributed by atoms with Crippen molar-refractivity contribution in [2.24, 2.45) is 5.73 Å². The predicted octanol–water partition coefficient (Wildman–Crippen LogP) is 1.92. The van der Waals surface area contributed by atoms with E-state index < -0.39 is 0 Å². The number of amidine groups is 1. The Kier molecular flexibility index (Phi) is 2.41. The summed E-state index contributed by atoms with van der Waals surface area (Å²) in [4.78, 5) is 4.30. The van der Waals surface area contributed by atoms with Gasteiger partial charge in [0, 0.05) is 12.5 Å². The summed E-state index contributed by atoms with van der Waals surface area (Å²) in [7, 11) is 0. The highest BCUT2D eigenvalue weighted by Gasteiger charge is 2.09. The summed E-state index contributed by atoms with van der Waals surface area (Å²) in [5, 5.41) is 7.28. The fourth-order valence-corrected chi connectivity index (χ4v) is 1.75. The van der Waals surface area contributed by atoms with E-state index in [9.17, 15) is 0 Å². The molecule has 0 fully saturated rings. The number of para-hydroxylation sites is 2. The summed E-state index contributed by atoms with van der Waals surface area (Å²) in [6, 6.07) is 8.14. The highest BCUT2D eigenvalue weighted by molar-refractivity contribution is 5.78. The third-order valence-electron chi connectivity index (χ3n) is 2.47. The van der Waals surface area contributed by atoms with Gasteiger partial charge in [-0.3, -0.25) is 5.41 Å². The molecular formula is C11H14N4. The zero-order valence-electron chi connectivity index (χ0n) is 8.64. The van der Waals surface area contributed by atoms with Crippen LogP contribution in [0.3, 0.4) is 0 Å². The molecule has 0 aliphatic rings. The van der Waals surface area contributed by atoms with Crippen molar-refractivity contribution < 1.29 is 0 Å². The normalized spacial score (nSPS) is 12.9. The second kappa shape index (κ2) is 3.73. The standard InChI is InChI=1S/C11H14N4/c1-8(6-11(12)13)15-7-14-9-4-2-3-5-10(9)15/h2-5,7-8H,6H2,1H3,(H3,12,13). The monoisotopic (exact) mass is 202 g/mol. The van der Waals surface area contributed by atoms with E-state index in [0.717, 1.165) is 11.0 Å². The van der Waals surface area contributed by atoms with E-state index in [0.29, 0.717) is 6.42 Å². The molecule has 0 aliphatic heterocycles. The summed E-state index contributed by atoms with van der Waals surface area (Å²) in [5.41, 5.74) is 7.46. The van der Waals surface area contributed by atoms with Crippen LogP contribution in [0.4, 0.5) is 0 Å². The molecule has 0 radical (unpaired) electrons.